The fourth-order valence-corrected chi connectivity index (χ4v) is 3.23. The third-order valence-corrected chi connectivity index (χ3v) is 4.40. The van der Waals surface area contributed by atoms with Gasteiger partial charge >= 0.3 is 0 Å². The van der Waals surface area contributed by atoms with Crippen molar-refractivity contribution in [1.82, 2.24) is 15.1 Å². The highest BCUT2D eigenvalue weighted by atomic mass is 32.1. The third-order valence-electron chi connectivity index (χ3n) is 3.52. The van der Waals surface area contributed by atoms with Crippen LogP contribution in [0.25, 0.3) is 0 Å². The Morgan fingerprint density at radius 3 is 2.70 bits per heavy atom. The Morgan fingerprint density at radius 2 is 2.15 bits per heavy atom. The minimum Gasteiger partial charge on any atom is -0.310 e. The number of hydrogen-bond acceptors (Lipinski definition) is 3. The van der Waals surface area contributed by atoms with Crippen molar-refractivity contribution in [2.45, 2.75) is 52.6 Å². The van der Waals surface area contributed by atoms with E-state index in [0.717, 1.165) is 25.1 Å². The molecule has 2 rings (SSSR count). The fraction of sp³-hybridized carbons (Fsp3) is 0.562. The van der Waals surface area contributed by atoms with Crippen molar-refractivity contribution in [3.05, 3.63) is 39.8 Å². The maximum atomic E-state index is 4.68. The zero-order valence-corrected chi connectivity index (χ0v) is 13.7. The van der Waals surface area contributed by atoms with Gasteiger partial charge < -0.3 is 5.32 Å². The van der Waals surface area contributed by atoms with Gasteiger partial charge in [-0.25, -0.2) is 0 Å². The van der Waals surface area contributed by atoms with Crippen LogP contribution in [0.3, 0.4) is 0 Å². The van der Waals surface area contributed by atoms with Crippen molar-refractivity contribution in [3.63, 3.8) is 0 Å². The molecule has 0 aromatic carbocycles. The van der Waals surface area contributed by atoms with Crippen LogP contribution in [0.15, 0.2) is 23.0 Å². The van der Waals surface area contributed by atoms with Crippen LogP contribution < -0.4 is 5.32 Å². The first-order valence-electron chi connectivity index (χ1n) is 7.42. The summed E-state index contributed by atoms with van der Waals surface area (Å²) in [7, 11) is 0. The molecule has 0 aliphatic heterocycles. The summed E-state index contributed by atoms with van der Waals surface area (Å²) in [5, 5.41) is 12.8. The predicted octanol–water partition coefficient (Wildman–Crippen LogP) is 4.12. The topological polar surface area (TPSA) is 29.9 Å². The second-order valence-electron chi connectivity index (χ2n) is 5.60. The van der Waals surface area contributed by atoms with Crippen molar-refractivity contribution in [3.8, 4) is 0 Å². The molecule has 0 bridgehead atoms. The van der Waals surface area contributed by atoms with E-state index in [1.54, 1.807) is 11.3 Å². The average Bonchev–Trinajstić information content (AvgIpc) is 3.03. The Hall–Kier alpha value is -1.13. The molecule has 2 heterocycles. The van der Waals surface area contributed by atoms with Gasteiger partial charge in [-0.2, -0.15) is 16.4 Å². The van der Waals surface area contributed by atoms with Crippen molar-refractivity contribution >= 4 is 11.3 Å². The van der Waals surface area contributed by atoms with Gasteiger partial charge in [-0.1, -0.05) is 6.92 Å². The molecule has 1 atom stereocenters. The van der Waals surface area contributed by atoms with Crippen molar-refractivity contribution in [2.75, 3.05) is 6.54 Å². The summed E-state index contributed by atoms with van der Waals surface area (Å²) in [4.78, 5) is 0. The lowest BCUT2D eigenvalue weighted by molar-refractivity contribution is 0.499. The van der Waals surface area contributed by atoms with Gasteiger partial charge in [0.15, 0.2) is 0 Å². The summed E-state index contributed by atoms with van der Waals surface area (Å²) in [6.45, 7) is 9.77. The first-order chi connectivity index (χ1) is 9.61. The maximum Gasteiger partial charge on any atom is 0.0643 e. The van der Waals surface area contributed by atoms with Gasteiger partial charge in [0.25, 0.3) is 0 Å². The second-order valence-corrected chi connectivity index (χ2v) is 6.35. The van der Waals surface area contributed by atoms with E-state index in [4.69, 9.17) is 0 Å². The van der Waals surface area contributed by atoms with Gasteiger partial charge in [0.05, 0.1) is 5.69 Å². The first-order valence-corrected chi connectivity index (χ1v) is 8.36. The number of hydrogen-bond donors (Lipinski definition) is 1. The number of nitrogens with one attached hydrogen (secondary N) is 1. The Labute approximate surface area is 126 Å². The molecule has 2 aromatic rings. The number of aryl methyl sites for hydroxylation is 1. The largest absolute Gasteiger partial charge is 0.310 e. The summed E-state index contributed by atoms with van der Waals surface area (Å²) in [6.07, 6.45) is 4.19. The molecule has 0 spiro atoms. The van der Waals surface area contributed by atoms with Gasteiger partial charge in [-0.15, -0.1) is 0 Å². The highest BCUT2D eigenvalue weighted by Gasteiger charge is 2.16. The monoisotopic (exact) mass is 291 g/mol. The van der Waals surface area contributed by atoms with E-state index in [2.05, 4.69) is 61.1 Å². The van der Waals surface area contributed by atoms with Crippen molar-refractivity contribution < 1.29 is 0 Å². The summed E-state index contributed by atoms with van der Waals surface area (Å²) >= 11 is 1.78. The van der Waals surface area contributed by atoms with Crippen LogP contribution in [-0.4, -0.2) is 16.3 Å². The lowest BCUT2D eigenvalue weighted by Gasteiger charge is -2.18. The highest BCUT2D eigenvalue weighted by molar-refractivity contribution is 7.08. The number of thiophene rings is 1. The van der Waals surface area contributed by atoms with Crippen LogP contribution >= 0.6 is 11.3 Å². The second kappa shape index (κ2) is 7.04. The number of rotatable bonds is 7. The molecule has 0 radical (unpaired) electrons. The first kappa shape index (κ1) is 15.3. The van der Waals surface area contributed by atoms with Crippen LogP contribution in [0.1, 0.15) is 56.1 Å². The molecule has 2 aromatic heterocycles. The van der Waals surface area contributed by atoms with Crippen LogP contribution in [0.5, 0.6) is 0 Å². The van der Waals surface area contributed by atoms with Crippen LogP contribution in [0.2, 0.25) is 0 Å². The van der Waals surface area contributed by atoms with Gasteiger partial charge in [0.1, 0.15) is 0 Å². The smallest absolute Gasteiger partial charge is 0.0643 e. The minimum atomic E-state index is 0.372. The van der Waals surface area contributed by atoms with Gasteiger partial charge in [0, 0.05) is 24.7 Å². The van der Waals surface area contributed by atoms with E-state index in [9.17, 15) is 0 Å². The minimum absolute atomic E-state index is 0.372. The van der Waals surface area contributed by atoms with E-state index in [-0.39, 0.29) is 0 Å². The van der Waals surface area contributed by atoms with Gasteiger partial charge in [-0.05, 0) is 61.7 Å². The standard InChI is InChI=1S/C16H25N3S/c1-5-7-17-16(15-11-20-10-13(15)4)9-14-6-8-19(18-14)12(2)3/h6,8,10-12,16-17H,5,7,9H2,1-4H3. The predicted molar refractivity (Wildman–Crippen MR) is 86.4 cm³/mol. The zero-order valence-electron chi connectivity index (χ0n) is 12.9. The fourth-order valence-electron chi connectivity index (χ4n) is 2.32. The molecule has 1 N–H and O–H groups in total. The lowest BCUT2D eigenvalue weighted by atomic mass is 10.0. The summed E-state index contributed by atoms with van der Waals surface area (Å²) < 4.78 is 2.03. The molecular formula is C16H25N3S. The molecule has 0 saturated carbocycles. The van der Waals surface area contributed by atoms with Crippen molar-refractivity contribution in [2.24, 2.45) is 0 Å². The van der Waals surface area contributed by atoms with E-state index >= 15 is 0 Å². The molecule has 0 saturated heterocycles. The summed E-state index contributed by atoms with van der Waals surface area (Å²) in [5.41, 5.74) is 3.97. The molecule has 0 aliphatic rings. The SMILES string of the molecule is CCCNC(Cc1ccn(C(C)C)n1)c1cscc1C. The summed E-state index contributed by atoms with van der Waals surface area (Å²) in [5.74, 6) is 0. The quantitative estimate of drug-likeness (QED) is 0.831. The maximum absolute atomic E-state index is 4.68. The molecule has 0 amide bonds. The number of nitrogens with zero attached hydrogens (tertiary/aromatic N) is 2. The Kier molecular flexibility index (Phi) is 5.38. The van der Waals surface area contributed by atoms with Gasteiger partial charge in [0.2, 0.25) is 0 Å². The van der Waals surface area contributed by atoms with Crippen LogP contribution in [-0.2, 0) is 6.42 Å². The van der Waals surface area contributed by atoms with Gasteiger partial charge in [-0.3, -0.25) is 4.68 Å². The molecule has 110 valence electrons. The molecule has 0 aliphatic carbocycles. The van der Waals surface area contributed by atoms with E-state index < -0.39 is 0 Å². The Morgan fingerprint density at radius 1 is 1.35 bits per heavy atom. The average molecular weight is 291 g/mol. The summed E-state index contributed by atoms with van der Waals surface area (Å²) in [6, 6.07) is 2.94. The van der Waals surface area contributed by atoms with Crippen molar-refractivity contribution in [1.29, 1.82) is 0 Å². The Balaban J connectivity index is 2.12. The molecule has 3 nitrogen and oxygen atoms in total. The third kappa shape index (κ3) is 3.70. The van der Waals surface area contributed by atoms with E-state index in [0.29, 0.717) is 12.1 Å². The molecular weight excluding hydrogens is 266 g/mol. The lowest BCUT2D eigenvalue weighted by Crippen LogP contribution is -2.24. The van der Waals surface area contributed by atoms with Crippen LogP contribution in [0.4, 0.5) is 0 Å². The molecule has 1 unspecified atom stereocenters. The van der Waals surface area contributed by atoms with E-state index in [1.165, 1.54) is 11.1 Å². The molecule has 0 fully saturated rings. The number of aromatic nitrogens is 2. The van der Waals surface area contributed by atoms with Crippen LogP contribution in [0, 0.1) is 6.92 Å². The molecule has 20 heavy (non-hydrogen) atoms. The highest BCUT2D eigenvalue weighted by Crippen LogP contribution is 2.24. The van der Waals surface area contributed by atoms with E-state index in [1.807, 2.05) is 4.68 Å². The molecule has 4 heteroatoms. The zero-order chi connectivity index (χ0) is 14.5. The Bertz CT molecular complexity index is 527. The normalized spacial score (nSPS) is 13.1.